The zero-order valence-electron chi connectivity index (χ0n) is 15.4. The summed E-state index contributed by atoms with van der Waals surface area (Å²) in [5.74, 6) is 0.621. The van der Waals surface area contributed by atoms with Crippen molar-refractivity contribution in [1.29, 1.82) is 0 Å². The molecule has 2 heterocycles. The van der Waals surface area contributed by atoms with Crippen molar-refractivity contribution in [3.63, 3.8) is 0 Å². The normalized spacial score (nSPS) is 12.1. The van der Waals surface area contributed by atoms with Gasteiger partial charge in [-0.25, -0.2) is 9.37 Å². The third-order valence-corrected chi connectivity index (χ3v) is 4.67. The molecule has 1 atom stereocenters. The maximum Gasteiger partial charge on any atom is 0.268 e. The number of nitrogens with zero attached hydrogens (tertiary/aromatic N) is 2. The maximum absolute atomic E-state index is 14.0. The predicted octanol–water partition coefficient (Wildman–Crippen LogP) is 3.57. The molecule has 0 spiro atoms. The van der Waals surface area contributed by atoms with E-state index < -0.39 is 6.04 Å². The van der Waals surface area contributed by atoms with Crippen molar-refractivity contribution >= 4 is 16.8 Å². The number of ether oxygens (including phenoxy) is 1. The minimum atomic E-state index is -0.501. The van der Waals surface area contributed by atoms with Crippen LogP contribution in [0.3, 0.4) is 0 Å². The molecule has 1 amide bonds. The lowest BCUT2D eigenvalue weighted by Gasteiger charge is -2.19. The van der Waals surface area contributed by atoms with Crippen LogP contribution >= 0.6 is 0 Å². The van der Waals surface area contributed by atoms with Gasteiger partial charge in [-0.2, -0.15) is 0 Å². The van der Waals surface area contributed by atoms with Gasteiger partial charge in [-0.15, -0.1) is 0 Å². The maximum atomic E-state index is 14.0. The molecule has 0 aliphatic rings. The van der Waals surface area contributed by atoms with Crippen LogP contribution in [0.15, 0.2) is 60.9 Å². The minimum absolute atomic E-state index is 0.280. The first-order valence-electron chi connectivity index (χ1n) is 8.76. The first kappa shape index (κ1) is 17.8. The van der Waals surface area contributed by atoms with Crippen molar-refractivity contribution in [2.75, 3.05) is 7.11 Å². The Hall–Kier alpha value is -3.61. The summed E-state index contributed by atoms with van der Waals surface area (Å²) in [6.07, 6.45) is 3.49. The second-order valence-electron chi connectivity index (χ2n) is 6.46. The monoisotopic (exact) mass is 378 g/mol. The van der Waals surface area contributed by atoms with Crippen molar-refractivity contribution < 1.29 is 13.9 Å². The summed E-state index contributed by atoms with van der Waals surface area (Å²) in [5.41, 5.74) is 1.67. The number of aryl methyl sites for hydroxylation is 1. The van der Waals surface area contributed by atoms with E-state index in [1.807, 2.05) is 42.1 Å². The summed E-state index contributed by atoms with van der Waals surface area (Å²) in [5, 5.41) is 3.37. The molecule has 0 saturated carbocycles. The van der Waals surface area contributed by atoms with Gasteiger partial charge in [0.05, 0.1) is 7.11 Å². The lowest BCUT2D eigenvalue weighted by molar-refractivity contribution is 0.0937. The number of methoxy groups -OCH3 is 1. The van der Waals surface area contributed by atoms with Crippen LogP contribution in [-0.4, -0.2) is 27.6 Å². The number of aromatic nitrogens is 3. The molecule has 2 aromatic carbocycles. The molecule has 4 aromatic rings. The predicted molar refractivity (Wildman–Crippen MR) is 104 cm³/mol. The third-order valence-electron chi connectivity index (χ3n) is 4.67. The molecular weight excluding hydrogens is 359 g/mol. The zero-order chi connectivity index (χ0) is 19.7. The van der Waals surface area contributed by atoms with E-state index in [2.05, 4.69) is 15.3 Å². The number of benzene rings is 2. The van der Waals surface area contributed by atoms with Crippen LogP contribution in [0, 0.1) is 5.82 Å². The quantitative estimate of drug-likeness (QED) is 0.558. The van der Waals surface area contributed by atoms with Crippen molar-refractivity contribution in [2.45, 2.75) is 6.04 Å². The van der Waals surface area contributed by atoms with Crippen LogP contribution in [0.4, 0.5) is 4.39 Å². The second-order valence-corrected chi connectivity index (χ2v) is 6.46. The summed E-state index contributed by atoms with van der Waals surface area (Å²) in [6.45, 7) is 0. The smallest absolute Gasteiger partial charge is 0.268 e. The van der Waals surface area contributed by atoms with Crippen LogP contribution < -0.4 is 10.1 Å². The van der Waals surface area contributed by atoms with Crippen molar-refractivity contribution in [1.82, 2.24) is 19.9 Å². The summed E-state index contributed by atoms with van der Waals surface area (Å²) in [6, 6.07) is 13.1. The van der Waals surface area contributed by atoms with Gasteiger partial charge >= 0.3 is 0 Å². The topological polar surface area (TPSA) is 71.9 Å². The number of aromatic amines is 1. The number of hydrogen-bond donors (Lipinski definition) is 2. The fraction of sp³-hybridized carbons (Fsp3) is 0.143. The van der Waals surface area contributed by atoms with Gasteiger partial charge in [-0.05, 0) is 35.9 Å². The molecule has 0 saturated heterocycles. The van der Waals surface area contributed by atoms with E-state index in [0.29, 0.717) is 22.5 Å². The minimum Gasteiger partial charge on any atom is -0.497 e. The number of imidazole rings is 1. The molecule has 0 aliphatic heterocycles. The molecule has 0 fully saturated rings. The molecule has 6 nitrogen and oxygen atoms in total. The van der Waals surface area contributed by atoms with Gasteiger partial charge in [-0.1, -0.05) is 18.2 Å². The van der Waals surface area contributed by atoms with Crippen LogP contribution in [-0.2, 0) is 7.05 Å². The molecular formula is C21H19FN4O2. The lowest BCUT2D eigenvalue weighted by atomic mass is 10.1. The van der Waals surface area contributed by atoms with E-state index in [-0.39, 0.29) is 17.4 Å². The Bertz CT molecular complexity index is 1150. The first-order valence-corrected chi connectivity index (χ1v) is 8.76. The Kier molecular flexibility index (Phi) is 4.57. The van der Waals surface area contributed by atoms with Crippen molar-refractivity contribution in [3.8, 4) is 5.75 Å². The van der Waals surface area contributed by atoms with Crippen LogP contribution in [0.2, 0.25) is 0 Å². The Morgan fingerprint density at radius 3 is 2.79 bits per heavy atom. The van der Waals surface area contributed by atoms with Gasteiger partial charge in [0.2, 0.25) is 0 Å². The van der Waals surface area contributed by atoms with Gasteiger partial charge in [0.1, 0.15) is 29.1 Å². The van der Waals surface area contributed by atoms with E-state index in [1.165, 1.54) is 12.1 Å². The van der Waals surface area contributed by atoms with Crippen LogP contribution in [0.25, 0.3) is 10.9 Å². The molecule has 142 valence electrons. The van der Waals surface area contributed by atoms with E-state index in [0.717, 1.165) is 5.56 Å². The number of carbonyl (C=O) groups excluding carboxylic acids is 1. The van der Waals surface area contributed by atoms with Crippen molar-refractivity contribution in [3.05, 3.63) is 83.8 Å². The largest absolute Gasteiger partial charge is 0.497 e. The lowest BCUT2D eigenvalue weighted by Crippen LogP contribution is -2.31. The molecule has 0 unspecified atom stereocenters. The highest BCUT2D eigenvalue weighted by molar-refractivity contribution is 5.98. The Labute approximate surface area is 161 Å². The van der Waals surface area contributed by atoms with Crippen LogP contribution in [0.5, 0.6) is 5.75 Å². The molecule has 0 radical (unpaired) electrons. The molecule has 0 bridgehead atoms. The van der Waals surface area contributed by atoms with E-state index in [4.69, 9.17) is 4.74 Å². The van der Waals surface area contributed by atoms with E-state index in [9.17, 15) is 9.18 Å². The first-order chi connectivity index (χ1) is 13.6. The number of fused-ring (bicyclic) bond motifs is 1. The van der Waals surface area contributed by atoms with Crippen LogP contribution in [0.1, 0.15) is 27.9 Å². The highest BCUT2D eigenvalue weighted by atomic mass is 19.1. The van der Waals surface area contributed by atoms with Crippen molar-refractivity contribution in [2.24, 2.45) is 7.05 Å². The summed E-state index contributed by atoms with van der Waals surface area (Å²) in [4.78, 5) is 20.3. The highest BCUT2D eigenvalue weighted by Gasteiger charge is 2.23. The highest BCUT2D eigenvalue weighted by Crippen LogP contribution is 2.25. The SMILES string of the molecule is COc1cccc([C@H](NC(=O)c2cc3c(F)cccc3[nH]2)c2nccn2C)c1. The molecule has 0 aliphatic carbocycles. The Balaban J connectivity index is 1.71. The summed E-state index contributed by atoms with van der Waals surface area (Å²) in [7, 11) is 3.45. The number of carbonyl (C=O) groups is 1. The summed E-state index contributed by atoms with van der Waals surface area (Å²) < 4.78 is 21.1. The number of nitrogens with one attached hydrogen (secondary N) is 2. The number of hydrogen-bond acceptors (Lipinski definition) is 3. The number of amides is 1. The summed E-state index contributed by atoms with van der Waals surface area (Å²) >= 11 is 0. The Morgan fingerprint density at radius 1 is 1.25 bits per heavy atom. The molecule has 2 N–H and O–H groups in total. The zero-order valence-corrected chi connectivity index (χ0v) is 15.4. The van der Waals surface area contributed by atoms with Gasteiger partial charge < -0.3 is 19.6 Å². The van der Waals surface area contributed by atoms with Gasteiger partial charge in [0, 0.05) is 30.3 Å². The Morgan fingerprint density at radius 2 is 2.07 bits per heavy atom. The molecule has 7 heteroatoms. The van der Waals surface area contributed by atoms with Gasteiger partial charge in [-0.3, -0.25) is 4.79 Å². The molecule has 4 rings (SSSR count). The number of halogens is 1. The number of H-pyrrole nitrogens is 1. The molecule has 28 heavy (non-hydrogen) atoms. The fourth-order valence-corrected chi connectivity index (χ4v) is 3.22. The van der Waals surface area contributed by atoms with Gasteiger partial charge in [0.15, 0.2) is 0 Å². The van der Waals surface area contributed by atoms with Gasteiger partial charge in [0.25, 0.3) is 5.91 Å². The number of rotatable bonds is 5. The third kappa shape index (κ3) is 3.22. The van der Waals surface area contributed by atoms with E-state index >= 15 is 0 Å². The molecule has 2 aromatic heterocycles. The fourth-order valence-electron chi connectivity index (χ4n) is 3.22. The second kappa shape index (κ2) is 7.19. The average molecular weight is 378 g/mol. The standard InChI is InChI=1S/C21H19FN4O2/c1-26-10-9-23-20(26)19(13-5-3-6-14(11-13)28-2)25-21(27)18-12-15-16(22)7-4-8-17(15)24-18/h3-12,19,24H,1-2H3,(H,25,27)/t19-/m0/s1. The van der Waals surface area contributed by atoms with E-state index in [1.54, 1.807) is 25.4 Å². The average Bonchev–Trinajstić information content (AvgIpc) is 3.33.